The molecular weight excluding hydrogens is 686 g/mol. The summed E-state index contributed by atoms with van der Waals surface area (Å²) >= 11 is 0. The van der Waals surface area contributed by atoms with Gasteiger partial charge in [0, 0.05) is 29.5 Å². The highest BCUT2D eigenvalue weighted by atomic mass is 32.2. The first-order chi connectivity index (χ1) is 23.6. The number of nitrogens with one attached hydrogen (secondary N) is 2. The van der Waals surface area contributed by atoms with Crippen molar-refractivity contribution >= 4 is 49.8 Å². The second-order valence-corrected chi connectivity index (χ2v) is 14.1. The third-order valence-electron chi connectivity index (χ3n) is 8.17. The SMILES string of the molecule is CC(C)S(=O)(=O)c1ccc(NC(=O)O)cc1[C@H]1CCCN1C(=O)[C@H](Nc1ccc2c(N)nccc2c1)c1ccc(OC(F)F)c(OC(F)F)c1. The Kier molecular flexibility index (Phi) is 10.5. The van der Waals surface area contributed by atoms with Crippen LogP contribution in [0.3, 0.4) is 0 Å². The number of hydrogen-bond donors (Lipinski definition) is 4. The number of pyridine rings is 1. The number of amides is 2. The molecule has 17 heteroatoms. The van der Waals surface area contributed by atoms with E-state index in [0.717, 1.165) is 12.1 Å². The zero-order valence-corrected chi connectivity index (χ0v) is 27.5. The number of nitrogen functional groups attached to an aromatic ring is 1. The molecule has 12 nitrogen and oxygen atoms in total. The van der Waals surface area contributed by atoms with Crippen LogP contribution in [0, 0.1) is 0 Å². The quantitative estimate of drug-likeness (QED) is 0.114. The van der Waals surface area contributed by atoms with E-state index in [1.54, 1.807) is 24.3 Å². The summed E-state index contributed by atoms with van der Waals surface area (Å²) in [7, 11) is -3.92. The van der Waals surface area contributed by atoms with Crippen LogP contribution in [0.25, 0.3) is 10.8 Å². The van der Waals surface area contributed by atoms with Gasteiger partial charge in [0.1, 0.15) is 11.9 Å². The van der Waals surface area contributed by atoms with Gasteiger partial charge in [-0.15, -0.1) is 0 Å². The van der Waals surface area contributed by atoms with E-state index in [1.165, 1.54) is 49.2 Å². The summed E-state index contributed by atoms with van der Waals surface area (Å²) in [5.74, 6) is -1.80. The van der Waals surface area contributed by atoms with Gasteiger partial charge in [-0.05, 0) is 97.8 Å². The number of likely N-dealkylation sites (tertiary alicyclic amines) is 1. The van der Waals surface area contributed by atoms with Crippen LogP contribution in [0.1, 0.15) is 49.9 Å². The molecule has 0 spiro atoms. The molecule has 4 aromatic rings. The molecule has 5 rings (SSSR count). The zero-order chi connectivity index (χ0) is 36.3. The van der Waals surface area contributed by atoms with Crippen molar-refractivity contribution in [2.24, 2.45) is 0 Å². The number of sulfone groups is 1. The summed E-state index contributed by atoms with van der Waals surface area (Å²) < 4.78 is 88.8. The number of anilines is 3. The third-order valence-corrected chi connectivity index (χ3v) is 10.4. The summed E-state index contributed by atoms with van der Waals surface area (Å²) in [5, 5.41) is 15.1. The van der Waals surface area contributed by atoms with Crippen LogP contribution in [-0.4, -0.2) is 60.4 Å². The number of carboxylic acid groups (broad SMARTS) is 1. The van der Waals surface area contributed by atoms with Crippen LogP contribution >= 0.6 is 0 Å². The largest absolute Gasteiger partial charge is 0.465 e. The van der Waals surface area contributed by atoms with Gasteiger partial charge in [-0.1, -0.05) is 6.07 Å². The third kappa shape index (κ3) is 7.77. The summed E-state index contributed by atoms with van der Waals surface area (Å²) in [4.78, 5) is 31.5. The van der Waals surface area contributed by atoms with Crippen molar-refractivity contribution in [3.63, 3.8) is 0 Å². The highest BCUT2D eigenvalue weighted by Gasteiger charge is 2.38. The lowest BCUT2D eigenvalue weighted by atomic mass is 10.00. The Hall–Kier alpha value is -5.32. The number of nitrogens with two attached hydrogens (primary N) is 1. The Morgan fingerprint density at radius 3 is 2.34 bits per heavy atom. The lowest BCUT2D eigenvalue weighted by Crippen LogP contribution is -2.38. The van der Waals surface area contributed by atoms with E-state index in [0.29, 0.717) is 29.3 Å². The number of aromatic nitrogens is 1. The summed E-state index contributed by atoms with van der Waals surface area (Å²) in [6.07, 6.45) is 0.848. The Bertz CT molecular complexity index is 2020. The number of alkyl halides is 4. The Morgan fingerprint density at radius 2 is 1.66 bits per heavy atom. The molecule has 1 fully saturated rings. The van der Waals surface area contributed by atoms with Crippen molar-refractivity contribution in [2.75, 3.05) is 22.9 Å². The van der Waals surface area contributed by atoms with E-state index < -0.39 is 63.9 Å². The van der Waals surface area contributed by atoms with E-state index in [9.17, 15) is 40.7 Å². The number of hydrogen-bond acceptors (Lipinski definition) is 9. The van der Waals surface area contributed by atoms with Gasteiger partial charge >= 0.3 is 19.3 Å². The van der Waals surface area contributed by atoms with Crippen molar-refractivity contribution in [1.82, 2.24) is 9.88 Å². The highest BCUT2D eigenvalue weighted by Crippen LogP contribution is 2.41. The minimum atomic E-state index is -3.92. The molecule has 1 saturated heterocycles. The average Bonchev–Trinajstić information content (AvgIpc) is 3.53. The number of carbonyl (C=O) groups is 2. The van der Waals surface area contributed by atoms with Gasteiger partial charge in [0.05, 0.1) is 16.2 Å². The molecule has 3 aromatic carbocycles. The lowest BCUT2D eigenvalue weighted by Gasteiger charge is -2.32. The molecule has 0 aliphatic carbocycles. The maximum absolute atomic E-state index is 14.6. The van der Waals surface area contributed by atoms with Crippen molar-refractivity contribution in [3.8, 4) is 11.5 Å². The van der Waals surface area contributed by atoms with Gasteiger partial charge < -0.3 is 30.5 Å². The minimum Gasteiger partial charge on any atom is -0.465 e. The van der Waals surface area contributed by atoms with Crippen molar-refractivity contribution in [2.45, 2.75) is 62.1 Å². The van der Waals surface area contributed by atoms with Crippen LogP contribution in [0.4, 0.5) is 39.5 Å². The molecule has 1 aliphatic rings. The Labute approximate surface area is 284 Å². The van der Waals surface area contributed by atoms with Crippen molar-refractivity contribution in [3.05, 3.63) is 78.0 Å². The molecule has 5 N–H and O–H groups in total. The smallest absolute Gasteiger partial charge is 0.409 e. The first-order valence-electron chi connectivity index (χ1n) is 15.3. The molecule has 0 bridgehead atoms. The van der Waals surface area contributed by atoms with E-state index in [1.807, 2.05) is 0 Å². The van der Waals surface area contributed by atoms with Crippen molar-refractivity contribution < 1.29 is 50.1 Å². The molecule has 2 heterocycles. The predicted octanol–water partition coefficient (Wildman–Crippen LogP) is 6.81. The summed E-state index contributed by atoms with van der Waals surface area (Å²) in [6, 6.07) is 11.6. The average molecular weight is 720 g/mol. The number of fused-ring (bicyclic) bond motifs is 1. The molecule has 2 amide bonds. The van der Waals surface area contributed by atoms with Gasteiger partial charge in [-0.25, -0.2) is 18.2 Å². The maximum atomic E-state index is 14.6. The van der Waals surface area contributed by atoms with Gasteiger partial charge in [-0.2, -0.15) is 17.6 Å². The van der Waals surface area contributed by atoms with Crippen LogP contribution in [-0.2, 0) is 14.6 Å². The summed E-state index contributed by atoms with van der Waals surface area (Å²) in [6.45, 7) is -3.64. The fraction of sp³-hybridized carbons (Fsp3) is 0.303. The van der Waals surface area contributed by atoms with Crippen LogP contribution in [0.2, 0.25) is 0 Å². The number of rotatable bonds is 12. The fourth-order valence-corrected chi connectivity index (χ4v) is 7.16. The fourth-order valence-electron chi connectivity index (χ4n) is 5.87. The number of benzene rings is 3. The van der Waals surface area contributed by atoms with Crippen LogP contribution in [0.5, 0.6) is 11.5 Å². The van der Waals surface area contributed by atoms with Gasteiger partial charge in [0.15, 0.2) is 21.3 Å². The molecule has 0 saturated carbocycles. The second kappa shape index (κ2) is 14.7. The van der Waals surface area contributed by atoms with E-state index in [2.05, 4.69) is 25.1 Å². The molecule has 266 valence electrons. The number of ether oxygens (including phenoxy) is 2. The molecule has 1 aromatic heterocycles. The van der Waals surface area contributed by atoms with E-state index >= 15 is 0 Å². The standard InChI is InChI=1S/C33H33F4N5O7S/c1-17(2)50(46,47)27-10-7-21(41-33(44)45)16-23(27)24-4-3-13-42(24)30(43)28(40-20-6-8-22-18(14-20)11-12-39-29(22)38)19-5-9-25(48-31(34)35)26(15-19)49-32(36)37/h5-12,14-17,24,28,31-32,40-41H,3-4,13H2,1-2H3,(H2,38,39)(H,44,45)/t24-,28-/m1/s1. The normalized spacial score (nSPS) is 15.5. The number of carbonyl (C=O) groups excluding carboxylic acids is 1. The first kappa shape index (κ1) is 36.0. The maximum Gasteiger partial charge on any atom is 0.409 e. The van der Waals surface area contributed by atoms with E-state index in [-0.39, 0.29) is 34.1 Å². The topological polar surface area (TPSA) is 173 Å². The molecule has 50 heavy (non-hydrogen) atoms. The van der Waals surface area contributed by atoms with Gasteiger partial charge in [-0.3, -0.25) is 10.1 Å². The van der Waals surface area contributed by atoms with Gasteiger partial charge in [0.2, 0.25) is 5.91 Å². The number of halogens is 4. The summed E-state index contributed by atoms with van der Waals surface area (Å²) in [5.41, 5.74) is 6.68. The predicted molar refractivity (Wildman–Crippen MR) is 176 cm³/mol. The Morgan fingerprint density at radius 1 is 0.960 bits per heavy atom. The molecule has 0 unspecified atom stereocenters. The van der Waals surface area contributed by atoms with Crippen LogP contribution < -0.4 is 25.8 Å². The van der Waals surface area contributed by atoms with Crippen LogP contribution in [0.15, 0.2) is 71.8 Å². The lowest BCUT2D eigenvalue weighted by molar-refractivity contribution is -0.133. The van der Waals surface area contributed by atoms with Gasteiger partial charge in [0.25, 0.3) is 0 Å². The second-order valence-electron chi connectivity index (χ2n) is 11.6. The molecule has 2 atom stereocenters. The van der Waals surface area contributed by atoms with E-state index in [4.69, 9.17) is 5.73 Å². The van der Waals surface area contributed by atoms with Crippen molar-refractivity contribution in [1.29, 1.82) is 0 Å². The monoisotopic (exact) mass is 719 g/mol. The molecular formula is C33H33F4N5O7S. The highest BCUT2D eigenvalue weighted by molar-refractivity contribution is 7.92. The minimum absolute atomic E-state index is 0.0311. The molecule has 0 radical (unpaired) electrons. The zero-order valence-electron chi connectivity index (χ0n) is 26.6. The molecule has 1 aliphatic heterocycles. The Balaban J connectivity index is 1.62. The number of nitrogens with zero attached hydrogens (tertiary/aromatic N) is 2. The first-order valence-corrected chi connectivity index (χ1v) is 16.8.